The zero-order valence-electron chi connectivity index (χ0n) is 15.8. The number of aryl methyl sites for hydroxylation is 1. The van der Waals surface area contributed by atoms with Gasteiger partial charge in [-0.15, -0.1) is 5.10 Å². The number of halogens is 2. The second-order valence-electron chi connectivity index (χ2n) is 6.70. The van der Waals surface area contributed by atoms with Gasteiger partial charge in [-0.1, -0.05) is 29.5 Å². The predicted octanol–water partition coefficient (Wildman–Crippen LogP) is 2.26. The number of carbonyl (C=O) groups excluding carboxylic acids is 1. The molecule has 1 amide bonds. The summed E-state index contributed by atoms with van der Waals surface area (Å²) in [6.07, 6.45) is 1.20. The predicted molar refractivity (Wildman–Crippen MR) is 105 cm³/mol. The van der Waals surface area contributed by atoms with Crippen molar-refractivity contribution in [3.8, 4) is 0 Å². The first-order valence-corrected chi connectivity index (χ1v) is 9.00. The highest BCUT2D eigenvalue weighted by Crippen LogP contribution is 2.15. The first-order chi connectivity index (χ1) is 14.4. The van der Waals surface area contributed by atoms with Crippen LogP contribution in [0.3, 0.4) is 0 Å². The number of nitrogens with one attached hydrogen (secondary N) is 1. The minimum absolute atomic E-state index is 0.0100. The van der Waals surface area contributed by atoms with Gasteiger partial charge in [-0.3, -0.25) is 14.2 Å². The lowest BCUT2D eigenvalue weighted by Gasteiger charge is -2.08. The number of hydrogen-bond acceptors (Lipinski definition) is 5. The van der Waals surface area contributed by atoms with E-state index in [9.17, 15) is 18.4 Å². The molecular formula is C20H16F2N6O2. The van der Waals surface area contributed by atoms with E-state index in [2.05, 4.69) is 20.6 Å². The fraction of sp³-hybridized carbons (Fsp3) is 0.150. The van der Waals surface area contributed by atoms with Gasteiger partial charge in [0, 0.05) is 6.07 Å². The van der Waals surface area contributed by atoms with Crippen molar-refractivity contribution in [3.63, 3.8) is 0 Å². The number of amides is 1. The molecule has 2 aromatic carbocycles. The average Bonchev–Trinajstić information content (AvgIpc) is 3.12. The number of carbonyl (C=O) groups is 1. The zero-order chi connectivity index (χ0) is 21.3. The van der Waals surface area contributed by atoms with Crippen LogP contribution in [0.15, 0.2) is 53.6 Å². The van der Waals surface area contributed by atoms with Crippen LogP contribution >= 0.6 is 0 Å². The zero-order valence-corrected chi connectivity index (χ0v) is 15.8. The van der Waals surface area contributed by atoms with Gasteiger partial charge in [-0.25, -0.2) is 18.4 Å². The van der Waals surface area contributed by atoms with Crippen molar-refractivity contribution in [1.29, 1.82) is 0 Å². The van der Waals surface area contributed by atoms with Crippen molar-refractivity contribution in [1.82, 2.24) is 24.5 Å². The van der Waals surface area contributed by atoms with Gasteiger partial charge >= 0.3 is 0 Å². The number of aromatic nitrogens is 5. The quantitative estimate of drug-likeness (QED) is 0.545. The van der Waals surface area contributed by atoms with E-state index in [0.717, 1.165) is 33.9 Å². The molecule has 0 bridgehead atoms. The summed E-state index contributed by atoms with van der Waals surface area (Å²) in [6.45, 7) is 1.91. The number of rotatable bonds is 5. The van der Waals surface area contributed by atoms with Crippen LogP contribution in [0.5, 0.6) is 0 Å². The average molecular weight is 410 g/mol. The van der Waals surface area contributed by atoms with Crippen molar-refractivity contribution in [2.45, 2.75) is 20.0 Å². The Morgan fingerprint density at radius 3 is 2.77 bits per heavy atom. The van der Waals surface area contributed by atoms with Crippen molar-refractivity contribution in [2.24, 2.45) is 0 Å². The van der Waals surface area contributed by atoms with Gasteiger partial charge in [-0.05, 0) is 30.2 Å². The molecular weight excluding hydrogens is 394 g/mol. The monoisotopic (exact) mass is 410 g/mol. The van der Waals surface area contributed by atoms with Crippen LogP contribution in [-0.4, -0.2) is 30.5 Å². The molecule has 2 aromatic heterocycles. The van der Waals surface area contributed by atoms with Gasteiger partial charge in [0.1, 0.15) is 24.5 Å². The molecule has 0 unspecified atom stereocenters. The Labute approximate surface area is 168 Å². The van der Waals surface area contributed by atoms with Gasteiger partial charge in [0.15, 0.2) is 11.2 Å². The summed E-state index contributed by atoms with van der Waals surface area (Å²) in [5.74, 6) is -2.20. The Balaban J connectivity index is 1.57. The van der Waals surface area contributed by atoms with Crippen LogP contribution in [0, 0.1) is 18.6 Å². The van der Waals surface area contributed by atoms with E-state index in [-0.39, 0.29) is 16.9 Å². The van der Waals surface area contributed by atoms with Gasteiger partial charge in [-0.2, -0.15) is 0 Å². The summed E-state index contributed by atoms with van der Waals surface area (Å²) in [7, 11) is 0. The highest BCUT2D eigenvalue weighted by atomic mass is 19.1. The summed E-state index contributed by atoms with van der Waals surface area (Å²) >= 11 is 0. The molecule has 0 fully saturated rings. The van der Waals surface area contributed by atoms with E-state index >= 15 is 0 Å². The number of anilines is 1. The molecule has 10 heteroatoms. The van der Waals surface area contributed by atoms with Crippen LogP contribution < -0.4 is 10.9 Å². The molecule has 30 heavy (non-hydrogen) atoms. The minimum atomic E-state index is -0.787. The highest BCUT2D eigenvalue weighted by molar-refractivity contribution is 5.90. The van der Waals surface area contributed by atoms with Gasteiger partial charge in [0.25, 0.3) is 5.56 Å². The lowest BCUT2D eigenvalue weighted by molar-refractivity contribution is -0.116. The Kier molecular flexibility index (Phi) is 5.05. The summed E-state index contributed by atoms with van der Waals surface area (Å²) in [6, 6.07) is 10.4. The summed E-state index contributed by atoms with van der Waals surface area (Å²) < 4.78 is 29.5. The molecule has 0 aliphatic carbocycles. The van der Waals surface area contributed by atoms with E-state index < -0.39 is 29.6 Å². The SMILES string of the molecule is Cc1ccccc1Cn1nnc2c(=O)n(CC(=O)Nc3cc(F)ccc3F)cnc21. The Morgan fingerprint density at radius 1 is 1.17 bits per heavy atom. The Morgan fingerprint density at radius 2 is 1.97 bits per heavy atom. The maximum atomic E-state index is 13.7. The summed E-state index contributed by atoms with van der Waals surface area (Å²) in [4.78, 5) is 29.1. The van der Waals surface area contributed by atoms with E-state index in [1.807, 2.05) is 31.2 Å². The van der Waals surface area contributed by atoms with Crippen LogP contribution in [0.4, 0.5) is 14.5 Å². The minimum Gasteiger partial charge on any atom is -0.322 e. The number of fused-ring (bicyclic) bond motifs is 1. The first kappa shape index (κ1) is 19.4. The molecule has 1 N–H and O–H groups in total. The summed E-state index contributed by atoms with van der Waals surface area (Å²) in [5, 5.41) is 10.1. The van der Waals surface area contributed by atoms with Crippen molar-refractivity contribution < 1.29 is 13.6 Å². The standard InChI is InChI=1S/C20H16F2N6O2/c1-12-4-2-3-5-13(12)9-28-19-18(25-26-28)20(30)27(11-23-19)10-17(29)24-16-8-14(21)6-7-15(16)22/h2-8,11H,9-10H2,1H3,(H,24,29). The fourth-order valence-electron chi connectivity index (χ4n) is 2.99. The normalized spacial score (nSPS) is 11.0. The highest BCUT2D eigenvalue weighted by Gasteiger charge is 2.15. The third kappa shape index (κ3) is 3.79. The largest absolute Gasteiger partial charge is 0.322 e. The lowest BCUT2D eigenvalue weighted by atomic mass is 10.1. The van der Waals surface area contributed by atoms with E-state index in [0.29, 0.717) is 6.54 Å². The van der Waals surface area contributed by atoms with E-state index in [1.54, 1.807) is 0 Å². The third-order valence-corrected chi connectivity index (χ3v) is 4.59. The van der Waals surface area contributed by atoms with Gasteiger partial charge < -0.3 is 5.32 Å². The molecule has 0 saturated carbocycles. The van der Waals surface area contributed by atoms with E-state index in [1.165, 1.54) is 11.0 Å². The third-order valence-electron chi connectivity index (χ3n) is 4.59. The molecule has 0 radical (unpaired) electrons. The number of hydrogen-bond donors (Lipinski definition) is 1. The second kappa shape index (κ2) is 7.82. The van der Waals surface area contributed by atoms with Gasteiger partial charge in [0.05, 0.1) is 12.2 Å². The van der Waals surface area contributed by atoms with E-state index in [4.69, 9.17) is 0 Å². The second-order valence-corrected chi connectivity index (χ2v) is 6.70. The van der Waals surface area contributed by atoms with Crippen molar-refractivity contribution in [2.75, 3.05) is 5.32 Å². The lowest BCUT2D eigenvalue weighted by Crippen LogP contribution is -2.28. The number of benzene rings is 2. The van der Waals surface area contributed by atoms with Crippen molar-refractivity contribution in [3.05, 3.63) is 81.9 Å². The molecule has 152 valence electrons. The topological polar surface area (TPSA) is 94.7 Å². The molecule has 0 spiro atoms. The van der Waals surface area contributed by atoms with Gasteiger partial charge in [0.2, 0.25) is 5.91 Å². The smallest absolute Gasteiger partial charge is 0.283 e. The molecule has 2 heterocycles. The maximum absolute atomic E-state index is 13.7. The molecule has 0 aliphatic heterocycles. The first-order valence-electron chi connectivity index (χ1n) is 9.00. The maximum Gasteiger partial charge on any atom is 0.283 e. The van der Waals surface area contributed by atoms with Crippen LogP contribution in [0.25, 0.3) is 11.2 Å². The molecule has 0 atom stereocenters. The summed E-state index contributed by atoms with van der Waals surface area (Å²) in [5.41, 5.74) is 1.49. The molecule has 0 saturated heterocycles. The Bertz CT molecular complexity index is 1310. The van der Waals surface area contributed by atoms with Crippen molar-refractivity contribution >= 4 is 22.8 Å². The van der Waals surface area contributed by atoms with Crippen LogP contribution in [0.2, 0.25) is 0 Å². The Hall–Kier alpha value is -3.95. The van der Waals surface area contributed by atoms with Crippen LogP contribution in [-0.2, 0) is 17.9 Å². The molecule has 8 nitrogen and oxygen atoms in total. The number of nitrogens with zero attached hydrogens (tertiary/aromatic N) is 5. The van der Waals surface area contributed by atoms with Crippen LogP contribution in [0.1, 0.15) is 11.1 Å². The molecule has 4 aromatic rings. The molecule has 0 aliphatic rings. The molecule has 4 rings (SSSR count). The fourth-order valence-corrected chi connectivity index (χ4v) is 2.99.